The summed E-state index contributed by atoms with van der Waals surface area (Å²) in [6.45, 7) is -0.407. The van der Waals surface area contributed by atoms with Crippen LogP contribution in [0.5, 0.6) is 0 Å². The van der Waals surface area contributed by atoms with Gasteiger partial charge < -0.3 is 25.0 Å². The number of fused-ring (bicyclic) bond motifs is 1. The van der Waals surface area contributed by atoms with Crippen molar-refractivity contribution in [1.82, 2.24) is 14.5 Å². The Hall–Kier alpha value is -1.74. The molecule has 102 valence electrons. The van der Waals surface area contributed by atoms with Gasteiger partial charge in [-0.1, -0.05) is 0 Å². The molecule has 0 saturated carbocycles. The maximum absolute atomic E-state index is 11.5. The number of rotatable bonds is 2. The number of aromatic nitrogens is 3. The second-order valence-electron chi connectivity index (χ2n) is 4.43. The van der Waals surface area contributed by atoms with E-state index in [2.05, 4.69) is 9.97 Å². The Morgan fingerprint density at radius 2 is 2.21 bits per heavy atom. The predicted octanol–water partition coefficient (Wildman–Crippen LogP) is -1.66. The number of ether oxygens (including phenoxy) is 1. The molecule has 1 aliphatic rings. The fourth-order valence-corrected chi connectivity index (χ4v) is 2.29. The van der Waals surface area contributed by atoms with Gasteiger partial charge in [-0.05, 0) is 6.07 Å². The molecule has 4 atom stereocenters. The minimum Gasteiger partial charge on any atom is -0.394 e. The van der Waals surface area contributed by atoms with Crippen LogP contribution in [-0.2, 0) is 4.74 Å². The maximum Gasteiger partial charge on any atom is 0.282 e. The molecule has 1 aliphatic heterocycles. The van der Waals surface area contributed by atoms with E-state index in [0.29, 0.717) is 11.0 Å². The minimum absolute atomic E-state index is 0.361. The molecular weight excluding hydrogens is 254 g/mol. The molecule has 0 bridgehead atoms. The summed E-state index contributed by atoms with van der Waals surface area (Å²) in [6, 6.07) is 1.57. The molecule has 8 nitrogen and oxygen atoms in total. The first kappa shape index (κ1) is 12.3. The highest BCUT2D eigenvalue weighted by Crippen LogP contribution is 2.30. The number of H-pyrrole nitrogens is 1. The molecule has 0 aliphatic carbocycles. The van der Waals surface area contributed by atoms with Gasteiger partial charge in [-0.15, -0.1) is 0 Å². The predicted molar refractivity (Wildman–Crippen MR) is 63.4 cm³/mol. The van der Waals surface area contributed by atoms with Crippen LogP contribution in [0, 0.1) is 0 Å². The van der Waals surface area contributed by atoms with Gasteiger partial charge in [-0.3, -0.25) is 9.36 Å². The average molecular weight is 267 g/mol. The Bertz CT molecular complexity index is 651. The van der Waals surface area contributed by atoms with Gasteiger partial charge in [-0.2, -0.15) is 4.98 Å². The molecule has 1 saturated heterocycles. The summed E-state index contributed by atoms with van der Waals surface area (Å²) in [5.74, 6) is 0. The highest BCUT2D eigenvalue weighted by atomic mass is 16.6. The van der Waals surface area contributed by atoms with E-state index in [-0.39, 0.29) is 5.56 Å². The molecule has 0 spiro atoms. The van der Waals surface area contributed by atoms with Crippen LogP contribution in [0.3, 0.4) is 0 Å². The number of aliphatic hydroxyl groups excluding tert-OH is 3. The molecule has 2 aromatic rings. The molecule has 4 unspecified atom stereocenters. The number of nitrogens with one attached hydrogen (secondary N) is 1. The van der Waals surface area contributed by atoms with E-state index in [1.165, 1.54) is 10.9 Å². The van der Waals surface area contributed by atoms with Crippen LogP contribution in [-0.4, -0.2) is 54.8 Å². The summed E-state index contributed by atoms with van der Waals surface area (Å²) in [4.78, 5) is 18.1. The number of hydrogen-bond donors (Lipinski definition) is 4. The van der Waals surface area contributed by atoms with E-state index in [1.807, 2.05) is 0 Å². The van der Waals surface area contributed by atoms with Crippen LogP contribution in [0.15, 0.2) is 23.4 Å². The number of nitrogens with zero attached hydrogens (tertiary/aromatic N) is 2. The van der Waals surface area contributed by atoms with Crippen molar-refractivity contribution in [3.63, 3.8) is 0 Å². The summed E-state index contributed by atoms with van der Waals surface area (Å²) in [6.07, 6.45) is -1.38. The van der Waals surface area contributed by atoms with Gasteiger partial charge in [0.05, 0.1) is 12.0 Å². The maximum atomic E-state index is 11.5. The zero-order chi connectivity index (χ0) is 13.6. The van der Waals surface area contributed by atoms with E-state index < -0.39 is 31.1 Å². The third-order valence-electron chi connectivity index (χ3n) is 3.30. The Morgan fingerprint density at radius 3 is 2.89 bits per heavy atom. The molecule has 8 heteroatoms. The van der Waals surface area contributed by atoms with Crippen LogP contribution in [0.25, 0.3) is 11.0 Å². The van der Waals surface area contributed by atoms with Crippen molar-refractivity contribution in [1.29, 1.82) is 0 Å². The van der Waals surface area contributed by atoms with Crippen molar-refractivity contribution in [2.75, 3.05) is 6.61 Å². The second-order valence-corrected chi connectivity index (χ2v) is 4.43. The van der Waals surface area contributed by atoms with E-state index in [1.54, 1.807) is 12.3 Å². The average Bonchev–Trinajstić information content (AvgIpc) is 2.99. The van der Waals surface area contributed by atoms with Gasteiger partial charge in [0.2, 0.25) is 0 Å². The van der Waals surface area contributed by atoms with Gasteiger partial charge in [0.1, 0.15) is 30.3 Å². The largest absolute Gasteiger partial charge is 0.394 e. The molecule has 0 radical (unpaired) electrons. The minimum atomic E-state index is -1.21. The van der Waals surface area contributed by atoms with Crippen LogP contribution < -0.4 is 5.56 Å². The molecule has 1 fully saturated rings. The van der Waals surface area contributed by atoms with Gasteiger partial charge in [-0.25, -0.2) is 0 Å². The van der Waals surface area contributed by atoms with Crippen LogP contribution in [0.1, 0.15) is 6.23 Å². The molecule has 3 rings (SSSR count). The van der Waals surface area contributed by atoms with Crippen LogP contribution in [0.2, 0.25) is 0 Å². The summed E-state index contributed by atoms with van der Waals surface area (Å²) in [5.41, 5.74) is 0.0501. The van der Waals surface area contributed by atoms with Crippen molar-refractivity contribution in [2.24, 2.45) is 0 Å². The number of aliphatic hydroxyl groups is 3. The molecular formula is C11H13N3O5. The van der Waals surface area contributed by atoms with Crippen molar-refractivity contribution < 1.29 is 20.1 Å². The number of hydrogen-bond acceptors (Lipinski definition) is 6. The fraction of sp³-hybridized carbons (Fsp3) is 0.455. The Balaban J connectivity index is 2.08. The first-order valence-electron chi connectivity index (χ1n) is 5.80. The van der Waals surface area contributed by atoms with Crippen molar-refractivity contribution in [3.8, 4) is 0 Å². The lowest BCUT2D eigenvalue weighted by molar-refractivity contribution is -0.0515. The first-order chi connectivity index (χ1) is 9.13. The zero-order valence-electron chi connectivity index (χ0n) is 9.80. The van der Waals surface area contributed by atoms with Crippen molar-refractivity contribution in [2.45, 2.75) is 24.5 Å². The Kier molecular flexibility index (Phi) is 2.86. The normalized spacial score (nSPS) is 31.1. The lowest BCUT2D eigenvalue weighted by Gasteiger charge is -2.18. The van der Waals surface area contributed by atoms with E-state index >= 15 is 0 Å². The van der Waals surface area contributed by atoms with E-state index in [4.69, 9.17) is 9.84 Å². The lowest BCUT2D eigenvalue weighted by atomic mass is 10.1. The van der Waals surface area contributed by atoms with Gasteiger partial charge in [0.25, 0.3) is 5.56 Å². The van der Waals surface area contributed by atoms with E-state index in [9.17, 15) is 15.0 Å². The van der Waals surface area contributed by atoms with Crippen molar-refractivity contribution >= 4 is 11.0 Å². The number of aromatic amines is 1. The molecule has 19 heavy (non-hydrogen) atoms. The Morgan fingerprint density at radius 1 is 1.42 bits per heavy atom. The highest BCUT2D eigenvalue weighted by molar-refractivity contribution is 5.74. The molecule has 0 amide bonds. The monoisotopic (exact) mass is 267 g/mol. The summed E-state index contributed by atoms with van der Waals surface area (Å²) in [7, 11) is 0. The SMILES string of the molecule is O=c1ncn(C2OC(CO)C(O)C2O)c2[nH]ccc12. The van der Waals surface area contributed by atoms with Crippen molar-refractivity contribution in [3.05, 3.63) is 28.9 Å². The summed E-state index contributed by atoms with van der Waals surface area (Å²) in [5, 5.41) is 29.1. The Labute approximate surface area is 106 Å². The summed E-state index contributed by atoms with van der Waals surface area (Å²) >= 11 is 0. The third kappa shape index (κ3) is 1.77. The third-order valence-corrected chi connectivity index (χ3v) is 3.30. The van der Waals surface area contributed by atoms with Crippen LogP contribution >= 0.6 is 0 Å². The van der Waals surface area contributed by atoms with Crippen LogP contribution in [0.4, 0.5) is 0 Å². The van der Waals surface area contributed by atoms with E-state index in [0.717, 1.165) is 0 Å². The highest BCUT2D eigenvalue weighted by Gasteiger charge is 2.43. The smallest absolute Gasteiger partial charge is 0.282 e. The molecule has 0 aromatic carbocycles. The van der Waals surface area contributed by atoms with Gasteiger partial charge in [0.15, 0.2) is 6.23 Å². The topological polar surface area (TPSA) is 121 Å². The molecule has 2 aromatic heterocycles. The quantitative estimate of drug-likeness (QED) is 0.516. The summed E-state index contributed by atoms with van der Waals surface area (Å²) < 4.78 is 6.82. The zero-order valence-corrected chi connectivity index (χ0v) is 9.80. The lowest BCUT2D eigenvalue weighted by Crippen LogP contribution is -2.33. The molecule has 4 N–H and O–H groups in total. The standard InChI is InChI=1S/C11H13N3O5/c15-3-6-7(16)8(17)11(19-6)14-4-13-10(18)5-1-2-12-9(5)14/h1-2,4,6-8,11-12,15-17H,3H2. The van der Waals surface area contributed by atoms with Gasteiger partial charge in [0, 0.05) is 6.20 Å². The fourth-order valence-electron chi connectivity index (χ4n) is 2.29. The van der Waals surface area contributed by atoms with Gasteiger partial charge >= 0.3 is 0 Å². The molecule has 3 heterocycles. The first-order valence-corrected chi connectivity index (χ1v) is 5.80. The second kappa shape index (κ2) is 4.42.